The Hall–Kier alpha value is -2.41. The van der Waals surface area contributed by atoms with E-state index in [4.69, 9.17) is 5.11 Å². The molecule has 1 heterocycles. The highest BCUT2D eigenvalue weighted by Crippen LogP contribution is 2.22. The third-order valence-electron chi connectivity index (χ3n) is 2.14. The molecule has 0 unspecified atom stereocenters. The van der Waals surface area contributed by atoms with Gasteiger partial charge in [-0.1, -0.05) is 0 Å². The quantitative estimate of drug-likeness (QED) is 0.734. The normalized spacial score (nSPS) is 10.0. The zero-order valence-electron chi connectivity index (χ0n) is 8.95. The Bertz CT molecular complexity index is 595. The number of phenolic OH excluding ortho intramolecular Hbond substituents is 1. The molecule has 7 heteroatoms. The van der Waals surface area contributed by atoms with Crippen molar-refractivity contribution in [3.63, 3.8) is 0 Å². The molecule has 0 atom stereocenters. The number of aromatic nitrogens is 1. The van der Waals surface area contributed by atoms with Crippen molar-refractivity contribution in [2.24, 2.45) is 0 Å². The van der Waals surface area contributed by atoms with Gasteiger partial charge in [-0.15, -0.1) is 11.3 Å². The lowest BCUT2D eigenvalue weighted by Gasteiger charge is -2.07. The fourth-order valence-electron chi connectivity index (χ4n) is 1.33. The van der Waals surface area contributed by atoms with Crippen molar-refractivity contribution in [3.8, 4) is 5.75 Å². The Morgan fingerprint density at radius 3 is 2.72 bits per heavy atom. The highest BCUT2D eigenvalue weighted by molar-refractivity contribution is 7.11. The van der Waals surface area contributed by atoms with Crippen molar-refractivity contribution in [1.82, 2.24) is 4.98 Å². The Balaban J connectivity index is 2.29. The number of phenols is 1. The van der Waals surface area contributed by atoms with Gasteiger partial charge in [-0.25, -0.2) is 4.79 Å². The van der Waals surface area contributed by atoms with Crippen LogP contribution in [0.2, 0.25) is 0 Å². The number of carbonyl (C=O) groups is 2. The maximum absolute atomic E-state index is 11.7. The Morgan fingerprint density at radius 2 is 2.11 bits per heavy atom. The lowest BCUT2D eigenvalue weighted by atomic mass is 10.1. The highest BCUT2D eigenvalue weighted by Gasteiger charge is 2.15. The smallest absolute Gasteiger partial charge is 0.337 e. The van der Waals surface area contributed by atoms with Crippen LogP contribution in [0.15, 0.2) is 29.9 Å². The zero-order chi connectivity index (χ0) is 13.1. The number of benzene rings is 1. The molecule has 1 amide bonds. The summed E-state index contributed by atoms with van der Waals surface area (Å²) in [6, 6.07) is 3.71. The Morgan fingerprint density at radius 1 is 1.33 bits per heavy atom. The number of aromatic carboxylic acids is 1. The maximum atomic E-state index is 11.7. The summed E-state index contributed by atoms with van der Waals surface area (Å²) < 4.78 is 0. The van der Waals surface area contributed by atoms with E-state index in [-0.39, 0.29) is 17.0 Å². The van der Waals surface area contributed by atoms with E-state index in [1.165, 1.54) is 23.8 Å². The van der Waals surface area contributed by atoms with Crippen LogP contribution in [0.25, 0.3) is 0 Å². The summed E-state index contributed by atoms with van der Waals surface area (Å²) >= 11 is 1.15. The van der Waals surface area contributed by atoms with Gasteiger partial charge in [-0.05, 0) is 18.2 Å². The van der Waals surface area contributed by atoms with Gasteiger partial charge in [0.2, 0.25) is 0 Å². The van der Waals surface area contributed by atoms with Gasteiger partial charge in [-0.2, -0.15) is 0 Å². The van der Waals surface area contributed by atoms with Gasteiger partial charge in [0.05, 0.1) is 23.0 Å². The molecule has 0 aliphatic rings. The first kappa shape index (κ1) is 12.1. The molecule has 0 fully saturated rings. The van der Waals surface area contributed by atoms with Crippen LogP contribution in [0.4, 0.5) is 5.69 Å². The van der Waals surface area contributed by atoms with Gasteiger partial charge in [0.15, 0.2) is 0 Å². The van der Waals surface area contributed by atoms with Gasteiger partial charge < -0.3 is 15.5 Å². The number of nitrogens with zero attached hydrogens (tertiary/aromatic N) is 1. The van der Waals surface area contributed by atoms with E-state index in [0.29, 0.717) is 4.88 Å². The lowest BCUT2D eigenvalue weighted by Crippen LogP contribution is -2.13. The molecule has 6 nitrogen and oxygen atoms in total. The number of hydrogen-bond donors (Lipinski definition) is 3. The lowest BCUT2D eigenvalue weighted by molar-refractivity contribution is 0.0697. The number of carboxylic acid groups (broad SMARTS) is 1. The SMILES string of the molecule is O=C(Nc1ccc(O)cc1C(=O)O)c1cncs1. The van der Waals surface area contributed by atoms with E-state index >= 15 is 0 Å². The van der Waals surface area contributed by atoms with Crippen LogP contribution < -0.4 is 5.32 Å². The standard InChI is InChI=1S/C11H8N2O4S/c14-6-1-2-8(7(3-6)11(16)17)13-10(15)9-4-12-5-18-9/h1-5,14H,(H,13,15)(H,16,17). The predicted molar refractivity (Wildman–Crippen MR) is 65.1 cm³/mol. The van der Waals surface area contributed by atoms with E-state index < -0.39 is 11.9 Å². The average Bonchev–Trinajstić information content (AvgIpc) is 2.84. The average molecular weight is 264 g/mol. The van der Waals surface area contributed by atoms with Crippen molar-refractivity contribution in [2.45, 2.75) is 0 Å². The van der Waals surface area contributed by atoms with Crippen molar-refractivity contribution in [3.05, 3.63) is 40.3 Å². The molecule has 1 aromatic heterocycles. The number of aromatic hydroxyl groups is 1. The minimum atomic E-state index is -1.23. The molecule has 0 saturated heterocycles. The molecule has 92 valence electrons. The molecule has 18 heavy (non-hydrogen) atoms. The molecule has 2 aromatic rings. The molecular formula is C11H8N2O4S. The third-order valence-corrected chi connectivity index (χ3v) is 2.91. The van der Waals surface area contributed by atoms with E-state index in [2.05, 4.69) is 10.3 Å². The molecule has 0 radical (unpaired) electrons. The van der Waals surface area contributed by atoms with Crippen molar-refractivity contribution < 1.29 is 19.8 Å². The topological polar surface area (TPSA) is 99.5 Å². The fraction of sp³-hybridized carbons (Fsp3) is 0. The van der Waals surface area contributed by atoms with Gasteiger partial charge in [0, 0.05) is 0 Å². The first-order valence-corrected chi connectivity index (χ1v) is 5.72. The summed E-state index contributed by atoms with van der Waals surface area (Å²) in [6.07, 6.45) is 1.39. The third kappa shape index (κ3) is 2.46. The minimum absolute atomic E-state index is 0.124. The number of nitrogens with one attached hydrogen (secondary N) is 1. The van der Waals surface area contributed by atoms with Crippen LogP contribution in [0.3, 0.4) is 0 Å². The van der Waals surface area contributed by atoms with Gasteiger partial charge in [0.1, 0.15) is 10.6 Å². The first-order valence-electron chi connectivity index (χ1n) is 4.84. The molecule has 2 rings (SSSR count). The van der Waals surface area contributed by atoms with E-state index in [1.54, 1.807) is 0 Å². The summed E-state index contributed by atoms with van der Waals surface area (Å²) in [7, 11) is 0. The minimum Gasteiger partial charge on any atom is -0.508 e. The number of hydrogen-bond acceptors (Lipinski definition) is 5. The van der Waals surface area contributed by atoms with Gasteiger partial charge >= 0.3 is 5.97 Å². The number of thiazole rings is 1. The van der Waals surface area contributed by atoms with Crippen LogP contribution >= 0.6 is 11.3 Å². The second kappa shape index (κ2) is 4.84. The second-order valence-electron chi connectivity index (χ2n) is 3.35. The monoisotopic (exact) mass is 264 g/mol. The molecule has 0 spiro atoms. The van der Waals surface area contributed by atoms with Crippen molar-refractivity contribution in [1.29, 1.82) is 0 Å². The second-order valence-corrected chi connectivity index (χ2v) is 4.24. The molecule has 0 aliphatic carbocycles. The number of carbonyl (C=O) groups excluding carboxylic acids is 1. The van der Waals surface area contributed by atoms with Gasteiger partial charge in [0.25, 0.3) is 5.91 Å². The summed E-state index contributed by atoms with van der Waals surface area (Å²) in [5.74, 6) is -1.85. The number of anilines is 1. The molecule has 3 N–H and O–H groups in total. The van der Waals surface area contributed by atoms with Crippen LogP contribution in [0.5, 0.6) is 5.75 Å². The van der Waals surface area contributed by atoms with Crippen molar-refractivity contribution >= 4 is 28.9 Å². The molecular weight excluding hydrogens is 256 g/mol. The molecule has 0 aliphatic heterocycles. The van der Waals surface area contributed by atoms with Crippen LogP contribution in [0.1, 0.15) is 20.0 Å². The summed E-state index contributed by atoms with van der Waals surface area (Å²) in [5, 5.41) is 20.6. The number of carboxylic acids is 1. The predicted octanol–water partition coefficient (Wildman–Crippen LogP) is 1.80. The number of rotatable bonds is 3. The van der Waals surface area contributed by atoms with Crippen LogP contribution in [-0.4, -0.2) is 27.1 Å². The summed E-state index contributed by atoms with van der Waals surface area (Å²) in [6.45, 7) is 0. The van der Waals surface area contributed by atoms with Crippen LogP contribution in [0, 0.1) is 0 Å². The van der Waals surface area contributed by atoms with E-state index in [0.717, 1.165) is 17.4 Å². The van der Waals surface area contributed by atoms with Crippen molar-refractivity contribution in [2.75, 3.05) is 5.32 Å². The number of amides is 1. The Labute approximate surface area is 106 Å². The zero-order valence-corrected chi connectivity index (χ0v) is 9.77. The largest absolute Gasteiger partial charge is 0.508 e. The maximum Gasteiger partial charge on any atom is 0.337 e. The molecule has 0 bridgehead atoms. The van der Waals surface area contributed by atoms with E-state index in [1.807, 2.05) is 0 Å². The van der Waals surface area contributed by atoms with E-state index in [9.17, 15) is 14.7 Å². The first-order chi connectivity index (χ1) is 8.58. The van der Waals surface area contributed by atoms with Crippen LogP contribution in [-0.2, 0) is 0 Å². The molecule has 0 saturated carbocycles. The summed E-state index contributed by atoms with van der Waals surface area (Å²) in [4.78, 5) is 26.8. The summed E-state index contributed by atoms with van der Waals surface area (Å²) in [5.41, 5.74) is 1.45. The highest BCUT2D eigenvalue weighted by atomic mass is 32.1. The molecule has 1 aromatic carbocycles. The Kier molecular flexibility index (Phi) is 3.24. The fourth-order valence-corrected chi connectivity index (χ4v) is 1.85. The van der Waals surface area contributed by atoms with Gasteiger partial charge in [-0.3, -0.25) is 9.78 Å².